The molecule has 1 aromatic rings. The van der Waals surface area contributed by atoms with Crippen LogP contribution < -0.4 is 13.7 Å². The van der Waals surface area contributed by atoms with Gasteiger partial charge in [0, 0.05) is 15.9 Å². The predicted octanol–water partition coefficient (Wildman–Crippen LogP) is -1.36. The molecule has 0 saturated carbocycles. The number of phenolic OH excluding ortho intramolecular Hbond substituents is 1. The Morgan fingerprint density at radius 2 is 2.27 bits per heavy atom. The van der Waals surface area contributed by atoms with Crippen molar-refractivity contribution in [3.8, 4) is 5.75 Å². The largest absolute Gasteiger partial charge is 0.508 e. The van der Waals surface area contributed by atoms with Gasteiger partial charge in [-0.1, -0.05) is 6.07 Å². The van der Waals surface area contributed by atoms with Gasteiger partial charge >= 0.3 is 14.8 Å². The fraction of sp³-hybridized carbons (Fsp3) is 0.333. The number of hydrogen-bond donors (Lipinski definition) is 2. The molecule has 1 heterocycles. The van der Waals surface area contributed by atoms with Crippen LogP contribution >= 0.6 is 0 Å². The van der Waals surface area contributed by atoms with Crippen molar-refractivity contribution in [2.24, 2.45) is 0 Å². The topological polar surface area (TPSA) is 87.6 Å². The number of fused-ring (bicyclic) bond motifs is 1. The van der Waals surface area contributed by atoms with Crippen LogP contribution in [0.25, 0.3) is 0 Å². The minimum atomic E-state index is -3.23. The number of phenols is 1. The van der Waals surface area contributed by atoms with Gasteiger partial charge in [-0.25, -0.2) is 0 Å². The fourth-order valence-electron chi connectivity index (χ4n) is 1.66. The highest BCUT2D eigenvalue weighted by atomic mass is 80.0. The van der Waals surface area contributed by atoms with Gasteiger partial charge in [0.05, 0.1) is 0 Å². The lowest BCUT2D eigenvalue weighted by Crippen LogP contribution is -2.41. The summed E-state index contributed by atoms with van der Waals surface area (Å²) < 4.78 is 25.8. The quantitative estimate of drug-likeness (QED) is 0.696. The van der Waals surface area contributed by atoms with E-state index >= 15 is 0 Å². The first-order valence-electron chi connectivity index (χ1n) is 4.44. The van der Waals surface area contributed by atoms with Crippen LogP contribution in [0, 0.1) is 14.8 Å². The number of hydrogen-bond acceptors (Lipinski definition) is 5. The Labute approximate surface area is 92.1 Å². The van der Waals surface area contributed by atoms with Gasteiger partial charge in [-0.15, -0.1) is 0 Å². The van der Waals surface area contributed by atoms with Crippen LogP contribution in [0.5, 0.6) is 5.75 Å². The van der Waals surface area contributed by atoms with Crippen molar-refractivity contribution in [3.05, 3.63) is 29.3 Å². The van der Waals surface area contributed by atoms with E-state index < -0.39 is 21.0 Å². The number of nitrogens with one attached hydrogen (secondary N) is 1. The van der Waals surface area contributed by atoms with E-state index in [9.17, 15) is 13.5 Å². The van der Waals surface area contributed by atoms with E-state index in [2.05, 4.69) is 5.32 Å². The molecule has 1 aliphatic rings. The molecule has 5 nitrogen and oxygen atoms in total. The highest BCUT2D eigenvalue weighted by Crippen LogP contribution is 2.27. The van der Waals surface area contributed by atoms with Crippen LogP contribution in [0.15, 0.2) is 18.2 Å². The van der Waals surface area contributed by atoms with Crippen LogP contribution in [-0.2, 0) is 10.2 Å². The van der Waals surface area contributed by atoms with E-state index in [1.807, 2.05) is 0 Å². The molecule has 0 aromatic heterocycles. The second-order valence-electron chi connectivity index (χ2n) is 3.25. The van der Waals surface area contributed by atoms with Gasteiger partial charge in [-0.2, -0.15) is 0 Å². The molecule has 2 rings (SSSR count). The lowest BCUT2D eigenvalue weighted by atomic mass is 9.99. The molecule has 1 aliphatic heterocycles. The molecule has 2 N–H and O–H groups in total. The fourth-order valence-corrected chi connectivity index (χ4v) is 2.30. The molecule has 0 aliphatic carbocycles. The molecule has 15 heavy (non-hydrogen) atoms. The summed E-state index contributed by atoms with van der Waals surface area (Å²) in [7, 11) is 0. The molecule has 0 saturated heterocycles. The van der Waals surface area contributed by atoms with Crippen LogP contribution in [-0.4, -0.2) is 11.7 Å². The van der Waals surface area contributed by atoms with E-state index in [4.69, 9.17) is 3.83 Å². The third-order valence-electron chi connectivity index (χ3n) is 2.29. The molecule has 0 bridgehead atoms. The standard InChI is InChI=1S/C9H10BrNO4/c12-7-1-2-8-6(5-7)3-4-11-9(8)15-10(13)14/h1-2,5,9,11-12H,3-4H2. The van der Waals surface area contributed by atoms with Gasteiger partial charge in [0.25, 0.3) is 0 Å². The maximum Gasteiger partial charge on any atom is 0.439 e. The number of aromatic hydroxyl groups is 1. The number of halogens is 1. The average molecular weight is 276 g/mol. The van der Waals surface area contributed by atoms with Crippen molar-refractivity contribution < 1.29 is 32.1 Å². The summed E-state index contributed by atoms with van der Waals surface area (Å²) in [6.45, 7) is 0.636. The summed E-state index contributed by atoms with van der Waals surface area (Å²) in [6.07, 6.45) is 0.142. The number of rotatable bonds is 2. The van der Waals surface area contributed by atoms with E-state index in [1.165, 1.54) is 6.07 Å². The second kappa shape index (κ2) is 4.46. The third-order valence-corrected chi connectivity index (χ3v) is 2.97. The van der Waals surface area contributed by atoms with Gasteiger partial charge in [0.15, 0.2) is 0 Å². The van der Waals surface area contributed by atoms with E-state index in [-0.39, 0.29) is 5.75 Å². The van der Waals surface area contributed by atoms with Crippen molar-refractivity contribution in [1.29, 1.82) is 0 Å². The normalized spacial score (nSPS) is 20.3. The minimum Gasteiger partial charge on any atom is -0.508 e. The first-order chi connectivity index (χ1) is 7.16. The maximum absolute atomic E-state index is 10.5. The third kappa shape index (κ3) is 2.47. The maximum atomic E-state index is 10.5. The second-order valence-corrected chi connectivity index (χ2v) is 4.41. The van der Waals surface area contributed by atoms with Gasteiger partial charge in [0.1, 0.15) is 5.75 Å². The van der Waals surface area contributed by atoms with Crippen LogP contribution in [0.4, 0.5) is 0 Å². The number of benzene rings is 1. The summed E-state index contributed by atoms with van der Waals surface area (Å²) in [5, 5.41) is 12.2. The summed E-state index contributed by atoms with van der Waals surface area (Å²) in [5.74, 6) is 0.185. The Morgan fingerprint density at radius 1 is 1.47 bits per heavy atom. The Balaban J connectivity index is 2.26. The SMILES string of the molecule is [O-][Br+2]([O-])OC1NCCc2cc(O)ccc21. The lowest BCUT2D eigenvalue weighted by molar-refractivity contribution is -1.63. The van der Waals surface area contributed by atoms with Crippen molar-refractivity contribution in [1.82, 2.24) is 5.32 Å². The molecule has 1 atom stereocenters. The average Bonchev–Trinajstić information content (AvgIpc) is 2.16. The Morgan fingerprint density at radius 3 is 3.00 bits per heavy atom. The molecular formula is C9H10BrNO4. The van der Waals surface area contributed by atoms with Crippen LogP contribution in [0.1, 0.15) is 17.4 Å². The monoisotopic (exact) mass is 275 g/mol. The highest BCUT2D eigenvalue weighted by Gasteiger charge is 2.29. The Hall–Kier alpha value is -0.660. The summed E-state index contributed by atoms with van der Waals surface area (Å²) in [5.41, 5.74) is 1.69. The highest BCUT2D eigenvalue weighted by molar-refractivity contribution is 5.37. The first kappa shape index (κ1) is 10.8. The first-order valence-corrected chi connectivity index (χ1v) is 6.39. The van der Waals surface area contributed by atoms with E-state index in [0.29, 0.717) is 6.54 Å². The van der Waals surface area contributed by atoms with Crippen molar-refractivity contribution in [3.63, 3.8) is 0 Å². The summed E-state index contributed by atoms with van der Waals surface area (Å²) >= 11 is -3.23. The van der Waals surface area contributed by atoms with E-state index in [0.717, 1.165) is 17.5 Å². The molecule has 82 valence electrons. The zero-order valence-electron chi connectivity index (χ0n) is 7.77. The summed E-state index contributed by atoms with van der Waals surface area (Å²) in [6, 6.07) is 4.83. The molecule has 0 radical (unpaired) electrons. The van der Waals surface area contributed by atoms with Crippen molar-refractivity contribution >= 4 is 0 Å². The summed E-state index contributed by atoms with van der Waals surface area (Å²) in [4.78, 5) is 0. The van der Waals surface area contributed by atoms with Crippen molar-refractivity contribution in [2.45, 2.75) is 12.6 Å². The molecule has 1 unspecified atom stereocenters. The molecule has 0 spiro atoms. The smallest absolute Gasteiger partial charge is 0.439 e. The molecule has 6 heteroatoms. The predicted molar refractivity (Wildman–Crippen MR) is 43.6 cm³/mol. The zero-order valence-corrected chi connectivity index (χ0v) is 9.36. The van der Waals surface area contributed by atoms with Gasteiger partial charge < -0.3 is 13.5 Å². The Bertz CT molecular complexity index is 358. The lowest BCUT2D eigenvalue weighted by Gasteiger charge is -2.21. The van der Waals surface area contributed by atoms with Gasteiger partial charge in [-0.3, -0.25) is 5.32 Å². The van der Waals surface area contributed by atoms with E-state index in [1.54, 1.807) is 12.1 Å². The van der Waals surface area contributed by atoms with Crippen molar-refractivity contribution in [2.75, 3.05) is 6.54 Å². The molecule has 1 aromatic carbocycles. The van der Waals surface area contributed by atoms with Gasteiger partial charge in [-0.05, 0) is 24.1 Å². The zero-order chi connectivity index (χ0) is 10.8. The minimum absolute atomic E-state index is 0.185. The molecular weight excluding hydrogens is 266 g/mol. The Kier molecular flexibility index (Phi) is 3.22. The molecule has 0 amide bonds. The van der Waals surface area contributed by atoms with Crippen LogP contribution in [0.3, 0.4) is 0 Å². The van der Waals surface area contributed by atoms with Gasteiger partial charge in [0.2, 0.25) is 6.23 Å². The molecule has 0 fully saturated rings. The van der Waals surface area contributed by atoms with Crippen LogP contribution in [0.2, 0.25) is 0 Å².